The Morgan fingerprint density at radius 3 is 2.80 bits per heavy atom. The quantitative estimate of drug-likeness (QED) is 0.741. The van der Waals surface area contributed by atoms with E-state index in [-0.39, 0.29) is 6.61 Å². The van der Waals surface area contributed by atoms with Crippen molar-refractivity contribution in [2.24, 2.45) is 5.92 Å². The van der Waals surface area contributed by atoms with Gasteiger partial charge < -0.3 is 10.1 Å². The molecule has 0 aromatic carbocycles. The second-order valence-electron chi connectivity index (χ2n) is 4.02. The van der Waals surface area contributed by atoms with E-state index in [2.05, 4.69) is 10.1 Å². The van der Waals surface area contributed by atoms with E-state index in [1.165, 1.54) is 6.42 Å². The van der Waals surface area contributed by atoms with Gasteiger partial charge in [-0.3, -0.25) is 0 Å². The van der Waals surface area contributed by atoms with Crippen LogP contribution in [0.5, 0.6) is 0 Å². The van der Waals surface area contributed by atoms with Crippen LogP contribution in [0.2, 0.25) is 0 Å². The SMILES string of the molecule is FC(F)(F)COCCC1CCCCNC1. The van der Waals surface area contributed by atoms with Crippen molar-refractivity contribution in [3.05, 3.63) is 0 Å². The first-order valence-corrected chi connectivity index (χ1v) is 5.43. The van der Waals surface area contributed by atoms with Crippen LogP contribution >= 0.6 is 0 Å². The van der Waals surface area contributed by atoms with Gasteiger partial charge in [0.2, 0.25) is 0 Å². The average Bonchev–Trinajstić information content (AvgIpc) is 2.39. The van der Waals surface area contributed by atoms with Gasteiger partial charge in [-0.15, -0.1) is 0 Å². The number of nitrogens with one attached hydrogen (secondary N) is 1. The fraction of sp³-hybridized carbons (Fsp3) is 1.00. The summed E-state index contributed by atoms with van der Waals surface area (Å²) in [6, 6.07) is 0. The second kappa shape index (κ2) is 6.33. The van der Waals surface area contributed by atoms with E-state index in [4.69, 9.17) is 0 Å². The summed E-state index contributed by atoms with van der Waals surface area (Å²) in [5, 5.41) is 3.28. The molecular formula is C10H18F3NO. The smallest absolute Gasteiger partial charge is 0.372 e. The van der Waals surface area contributed by atoms with E-state index in [9.17, 15) is 13.2 Å². The van der Waals surface area contributed by atoms with Crippen LogP contribution in [-0.2, 0) is 4.74 Å². The highest BCUT2D eigenvalue weighted by atomic mass is 19.4. The van der Waals surface area contributed by atoms with Crippen LogP contribution in [0, 0.1) is 5.92 Å². The lowest BCUT2D eigenvalue weighted by molar-refractivity contribution is -0.174. The molecule has 5 heteroatoms. The van der Waals surface area contributed by atoms with Gasteiger partial charge in [-0.05, 0) is 38.3 Å². The monoisotopic (exact) mass is 225 g/mol. The van der Waals surface area contributed by atoms with Crippen molar-refractivity contribution in [3.8, 4) is 0 Å². The molecule has 0 amide bonds. The third-order valence-corrected chi connectivity index (χ3v) is 2.59. The fourth-order valence-electron chi connectivity index (χ4n) is 1.78. The van der Waals surface area contributed by atoms with E-state index in [1.807, 2.05) is 0 Å². The number of alkyl halides is 3. The zero-order valence-electron chi connectivity index (χ0n) is 8.78. The van der Waals surface area contributed by atoms with Gasteiger partial charge in [-0.25, -0.2) is 0 Å². The van der Waals surface area contributed by atoms with Gasteiger partial charge in [0.15, 0.2) is 0 Å². The molecular weight excluding hydrogens is 207 g/mol. The maximum atomic E-state index is 11.7. The van der Waals surface area contributed by atoms with Crippen molar-refractivity contribution in [3.63, 3.8) is 0 Å². The number of halogens is 3. The molecule has 0 aliphatic carbocycles. The molecule has 0 spiro atoms. The highest BCUT2D eigenvalue weighted by molar-refractivity contribution is 4.67. The molecule has 0 saturated carbocycles. The highest BCUT2D eigenvalue weighted by Crippen LogP contribution is 2.17. The van der Waals surface area contributed by atoms with Crippen LogP contribution in [-0.4, -0.2) is 32.5 Å². The fourth-order valence-corrected chi connectivity index (χ4v) is 1.78. The Labute approximate surface area is 88.2 Å². The lowest BCUT2D eigenvalue weighted by Crippen LogP contribution is -2.23. The van der Waals surface area contributed by atoms with Crippen molar-refractivity contribution >= 4 is 0 Å². The Kier molecular flexibility index (Phi) is 5.39. The molecule has 1 unspecified atom stereocenters. The van der Waals surface area contributed by atoms with Gasteiger partial charge in [-0.2, -0.15) is 13.2 Å². The average molecular weight is 225 g/mol. The summed E-state index contributed by atoms with van der Waals surface area (Å²) >= 11 is 0. The van der Waals surface area contributed by atoms with E-state index in [0.29, 0.717) is 5.92 Å². The molecule has 1 atom stereocenters. The summed E-state index contributed by atoms with van der Waals surface area (Å²) in [6.07, 6.45) is -0.0377. The summed E-state index contributed by atoms with van der Waals surface area (Å²) in [7, 11) is 0. The molecule has 1 heterocycles. The molecule has 1 rings (SSSR count). The minimum Gasteiger partial charge on any atom is -0.372 e. The van der Waals surface area contributed by atoms with Gasteiger partial charge in [0, 0.05) is 6.61 Å². The van der Waals surface area contributed by atoms with Crippen molar-refractivity contribution < 1.29 is 17.9 Å². The Hall–Kier alpha value is -0.290. The van der Waals surface area contributed by atoms with Gasteiger partial charge in [0.05, 0.1) is 0 Å². The first-order chi connectivity index (χ1) is 7.08. The molecule has 1 fully saturated rings. The molecule has 1 saturated heterocycles. The Balaban J connectivity index is 2.03. The topological polar surface area (TPSA) is 21.3 Å². The first-order valence-electron chi connectivity index (χ1n) is 5.43. The van der Waals surface area contributed by atoms with E-state index >= 15 is 0 Å². The molecule has 1 N–H and O–H groups in total. The zero-order chi connectivity index (χ0) is 11.1. The largest absolute Gasteiger partial charge is 0.411 e. The van der Waals surface area contributed by atoms with Crippen LogP contribution in [0.15, 0.2) is 0 Å². The minimum absolute atomic E-state index is 0.214. The summed E-state index contributed by atoms with van der Waals surface area (Å²) in [4.78, 5) is 0. The Bertz CT molecular complexity index is 165. The molecule has 0 aromatic rings. The van der Waals surface area contributed by atoms with Crippen LogP contribution in [0.3, 0.4) is 0 Å². The summed E-state index contributed by atoms with van der Waals surface area (Å²) in [5.74, 6) is 0.473. The van der Waals surface area contributed by atoms with Crippen molar-refractivity contribution in [1.29, 1.82) is 0 Å². The summed E-state index contributed by atoms with van der Waals surface area (Å²) < 4.78 is 39.8. The lowest BCUT2D eigenvalue weighted by Gasteiger charge is -2.14. The van der Waals surface area contributed by atoms with E-state index in [0.717, 1.165) is 32.4 Å². The lowest BCUT2D eigenvalue weighted by atomic mass is 10.0. The molecule has 90 valence electrons. The van der Waals surface area contributed by atoms with Crippen molar-refractivity contribution in [1.82, 2.24) is 5.32 Å². The number of ether oxygens (including phenoxy) is 1. The van der Waals surface area contributed by atoms with Gasteiger partial charge in [0.1, 0.15) is 6.61 Å². The number of hydrogen-bond acceptors (Lipinski definition) is 2. The van der Waals surface area contributed by atoms with Crippen molar-refractivity contribution in [2.45, 2.75) is 31.9 Å². The molecule has 0 bridgehead atoms. The normalized spacial score (nSPS) is 23.8. The van der Waals surface area contributed by atoms with Crippen LogP contribution in [0.25, 0.3) is 0 Å². The molecule has 0 radical (unpaired) electrons. The second-order valence-corrected chi connectivity index (χ2v) is 4.02. The first kappa shape index (κ1) is 12.8. The van der Waals surface area contributed by atoms with Crippen LogP contribution in [0.4, 0.5) is 13.2 Å². The third-order valence-electron chi connectivity index (χ3n) is 2.59. The predicted molar refractivity (Wildman–Crippen MR) is 51.7 cm³/mol. The maximum absolute atomic E-state index is 11.7. The highest BCUT2D eigenvalue weighted by Gasteiger charge is 2.27. The molecule has 0 aromatic heterocycles. The number of rotatable bonds is 4. The van der Waals surface area contributed by atoms with Gasteiger partial charge >= 0.3 is 6.18 Å². The molecule has 2 nitrogen and oxygen atoms in total. The predicted octanol–water partition coefficient (Wildman–Crippen LogP) is 2.35. The third kappa shape index (κ3) is 6.73. The maximum Gasteiger partial charge on any atom is 0.411 e. The molecule has 15 heavy (non-hydrogen) atoms. The number of hydrogen-bond donors (Lipinski definition) is 1. The summed E-state index contributed by atoms with van der Waals surface area (Å²) in [6.45, 7) is 1.04. The van der Waals surface area contributed by atoms with Crippen LogP contribution < -0.4 is 5.32 Å². The van der Waals surface area contributed by atoms with E-state index in [1.54, 1.807) is 0 Å². The zero-order valence-corrected chi connectivity index (χ0v) is 8.78. The van der Waals surface area contributed by atoms with E-state index < -0.39 is 12.8 Å². The standard InChI is InChI=1S/C10H18F3NO/c11-10(12,13)8-15-6-4-9-3-1-2-5-14-7-9/h9,14H,1-8H2. The summed E-state index contributed by atoms with van der Waals surface area (Å²) in [5.41, 5.74) is 0. The Morgan fingerprint density at radius 1 is 1.27 bits per heavy atom. The van der Waals surface area contributed by atoms with Gasteiger partial charge in [-0.1, -0.05) is 6.42 Å². The molecule has 1 aliphatic rings. The van der Waals surface area contributed by atoms with Gasteiger partial charge in [0.25, 0.3) is 0 Å². The van der Waals surface area contributed by atoms with Crippen molar-refractivity contribution in [2.75, 3.05) is 26.3 Å². The van der Waals surface area contributed by atoms with Crippen LogP contribution in [0.1, 0.15) is 25.7 Å². The Morgan fingerprint density at radius 2 is 2.07 bits per heavy atom. The molecule has 1 aliphatic heterocycles. The minimum atomic E-state index is -4.19.